The molecule has 0 spiro atoms. The number of hydrogen-bond acceptors (Lipinski definition) is 5. The number of halogens is 2. The Labute approximate surface area is 192 Å². The van der Waals surface area contributed by atoms with Crippen LogP contribution in [-0.2, 0) is 6.42 Å². The molecule has 0 amide bonds. The van der Waals surface area contributed by atoms with Crippen molar-refractivity contribution in [2.24, 2.45) is 0 Å². The molecule has 0 saturated carbocycles. The number of aryl methyl sites for hydroxylation is 3. The maximum absolute atomic E-state index is 14.9. The Hall–Kier alpha value is -3.16. The van der Waals surface area contributed by atoms with Crippen molar-refractivity contribution >= 4 is 44.1 Å². The van der Waals surface area contributed by atoms with Crippen LogP contribution < -0.4 is 5.43 Å². The molecule has 160 valence electrons. The van der Waals surface area contributed by atoms with E-state index in [1.807, 2.05) is 45.2 Å². The van der Waals surface area contributed by atoms with Crippen molar-refractivity contribution in [1.82, 2.24) is 19.7 Å². The second kappa shape index (κ2) is 7.76. The maximum atomic E-state index is 14.9. The predicted molar refractivity (Wildman–Crippen MR) is 128 cm³/mol. The van der Waals surface area contributed by atoms with E-state index >= 15 is 0 Å². The zero-order valence-electron chi connectivity index (χ0n) is 17.6. The number of nitrogens with zero attached hydrogens (tertiary/aromatic N) is 4. The van der Waals surface area contributed by atoms with Crippen LogP contribution in [0.2, 0.25) is 5.02 Å². The van der Waals surface area contributed by atoms with Crippen molar-refractivity contribution < 1.29 is 4.39 Å². The summed E-state index contributed by atoms with van der Waals surface area (Å²) in [7, 11) is 0. The van der Waals surface area contributed by atoms with Crippen LogP contribution in [0.5, 0.6) is 0 Å². The van der Waals surface area contributed by atoms with Crippen LogP contribution in [0.25, 0.3) is 37.4 Å². The third-order valence-electron chi connectivity index (χ3n) is 5.50. The fraction of sp³-hybridized carbons (Fsp3) is 0.167. The molecule has 0 aliphatic rings. The van der Waals surface area contributed by atoms with Crippen molar-refractivity contribution in [3.63, 3.8) is 0 Å². The molecule has 4 aromatic heterocycles. The van der Waals surface area contributed by atoms with Gasteiger partial charge in [0.25, 0.3) is 0 Å². The van der Waals surface area contributed by atoms with E-state index in [0.29, 0.717) is 10.4 Å². The maximum Gasteiger partial charge on any atom is 0.235 e. The molecule has 1 aromatic carbocycles. The van der Waals surface area contributed by atoms with Gasteiger partial charge in [-0.2, -0.15) is 5.10 Å². The molecule has 5 aromatic rings. The van der Waals surface area contributed by atoms with Crippen LogP contribution in [0.3, 0.4) is 0 Å². The monoisotopic (exact) mass is 464 g/mol. The van der Waals surface area contributed by atoms with Gasteiger partial charge in [-0.25, -0.2) is 14.1 Å². The first-order chi connectivity index (χ1) is 15.4. The molecule has 5 rings (SSSR count). The second-order valence-electron chi connectivity index (χ2n) is 7.62. The van der Waals surface area contributed by atoms with E-state index in [1.165, 1.54) is 22.1 Å². The smallest absolute Gasteiger partial charge is 0.235 e. The van der Waals surface area contributed by atoms with Crippen molar-refractivity contribution in [2.75, 3.05) is 0 Å². The zero-order valence-corrected chi connectivity index (χ0v) is 19.2. The van der Waals surface area contributed by atoms with Gasteiger partial charge in [0, 0.05) is 22.6 Å². The third kappa shape index (κ3) is 3.38. The molecular weight excluding hydrogens is 447 g/mol. The van der Waals surface area contributed by atoms with Gasteiger partial charge in [-0.3, -0.25) is 9.78 Å². The normalized spacial score (nSPS) is 11.5. The number of thiophene rings is 1. The average molecular weight is 465 g/mol. The molecule has 0 bridgehead atoms. The lowest BCUT2D eigenvalue weighted by atomic mass is 10.1. The Morgan fingerprint density at radius 2 is 1.97 bits per heavy atom. The number of aromatic nitrogens is 4. The van der Waals surface area contributed by atoms with Crippen molar-refractivity contribution in [2.45, 2.75) is 27.2 Å². The highest BCUT2D eigenvalue weighted by Gasteiger charge is 2.19. The number of pyridine rings is 2. The predicted octanol–water partition coefficient (Wildman–Crippen LogP) is 6.03. The highest BCUT2D eigenvalue weighted by molar-refractivity contribution is 7.22. The third-order valence-corrected chi connectivity index (χ3v) is 6.83. The van der Waals surface area contributed by atoms with Gasteiger partial charge in [0.1, 0.15) is 17.0 Å². The van der Waals surface area contributed by atoms with E-state index in [4.69, 9.17) is 11.6 Å². The summed E-state index contributed by atoms with van der Waals surface area (Å²) >= 11 is 7.38. The molecule has 0 atom stereocenters. The number of benzene rings is 1. The summed E-state index contributed by atoms with van der Waals surface area (Å²) in [5.74, 6) is -0.535. The molecular formula is C24H18ClFN4OS. The zero-order chi connectivity index (χ0) is 22.6. The molecule has 0 saturated heterocycles. The molecule has 0 unspecified atom stereocenters. The highest BCUT2D eigenvalue weighted by Crippen LogP contribution is 2.32. The lowest BCUT2D eigenvalue weighted by Gasteiger charge is -2.13. The van der Waals surface area contributed by atoms with E-state index < -0.39 is 5.82 Å². The van der Waals surface area contributed by atoms with Crippen molar-refractivity contribution in [1.29, 1.82) is 0 Å². The Morgan fingerprint density at radius 1 is 1.16 bits per heavy atom. The van der Waals surface area contributed by atoms with E-state index in [-0.39, 0.29) is 27.3 Å². The van der Waals surface area contributed by atoms with Crippen LogP contribution in [-0.4, -0.2) is 19.7 Å². The Balaban J connectivity index is 1.85. The summed E-state index contributed by atoms with van der Waals surface area (Å²) in [4.78, 5) is 23.1. The molecule has 0 N–H and O–H groups in total. The molecule has 0 radical (unpaired) electrons. The summed E-state index contributed by atoms with van der Waals surface area (Å²) in [6.07, 6.45) is 2.63. The van der Waals surface area contributed by atoms with Gasteiger partial charge in [0.2, 0.25) is 5.43 Å². The highest BCUT2D eigenvalue weighted by atomic mass is 35.5. The van der Waals surface area contributed by atoms with Gasteiger partial charge in [-0.15, -0.1) is 11.3 Å². The largest absolute Gasteiger partial charge is 0.285 e. The lowest BCUT2D eigenvalue weighted by Crippen LogP contribution is -2.17. The van der Waals surface area contributed by atoms with E-state index in [9.17, 15) is 9.18 Å². The van der Waals surface area contributed by atoms with Crippen LogP contribution in [0, 0.1) is 19.7 Å². The lowest BCUT2D eigenvalue weighted by molar-refractivity contribution is 0.612. The van der Waals surface area contributed by atoms with Gasteiger partial charge < -0.3 is 0 Å². The summed E-state index contributed by atoms with van der Waals surface area (Å²) in [6.45, 7) is 5.79. The second-order valence-corrected chi connectivity index (χ2v) is 9.14. The van der Waals surface area contributed by atoms with Crippen LogP contribution in [0.15, 0.2) is 47.4 Å². The van der Waals surface area contributed by atoms with Gasteiger partial charge in [-0.05, 0) is 67.6 Å². The molecule has 4 heterocycles. The first kappa shape index (κ1) is 20.7. The molecule has 32 heavy (non-hydrogen) atoms. The summed E-state index contributed by atoms with van der Waals surface area (Å²) in [5, 5.41) is 5.89. The fourth-order valence-electron chi connectivity index (χ4n) is 3.63. The number of hydrogen-bond donors (Lipinski definition) is 0. The number of fused-ring (bicyclic) bond motifs is 2. The topological polar surface area (TPSA) is 60.7 Å². The van der Waals surface area contributed by atoms with Crippen LogP contribution in [0.4, 0.5) is 4.39 Å². The minimum absolute atomic E-state index is 0.196. The number of rotatable bonds is 3. The van der Waals surface area contributed by atoms with Gasteiger partial charge in [-0.1, -0.05) is 18.5 Å². The Morgan fingerprint density at radius 3 is 2.72 bits per heavy atom. The minimum Gasteiger partial charge on any atom is -0.285 e. The summed E-state index contributed by atoms with van der Waals surface area (Å²) < 4.78 is 17.3. The van der Waals surface area contributed by atoms with Gasteiger partial charge in [0.15, 0.2) is 5.69 Å². The van der Waals surface area contributed by atoms with Crippen molar-refractivity contribution in [3.05, 3.63) is 80.6 Å². The van der Waals surface area contributed by atoms with Crippen LogP contribution >= 0.6 is 22.9 Å². The summed E-state index contributed by atoms with van der Waals surface area (Å²) in [5.41, 5.74) is 3.42. The molecule has 0 fully saturated rings. The van der Waals surface area contributed by atoms with Crippen LogP contribution in [0.1, 0.15) is 23.9 Å². The summed E-state index contributed by atoms with van der Waals surface area (Å²) in [6, 6.07) is 10.1. The van der Waals surface area contributed by atoms with Gasteiger partial charge >= 0.3 is 0 Å². The minimum atomic E-state index is -0.535. The average Bonchev–Trinajstić information content (AvgIpc) is 3.19. The SMILES string of the molecule is CCc1cc2cc(-c3nn(-c4ccc(Cl)cc4F)c4cc(C)c(C)nc4c3=O)sc2cn1. The molecule has 8 heteroatoms. The van der Waals surface area contributed by atoms with E-state index in [2.05, 4.69) is 15.1 Å². The van der Waals surface area contributed by atoms with E-state index in [0.717, 1.165) is 33.5 Å². The standard InChI is InChI=1S/C24H18ClFN4OS/c1-4-16-8-14-9-20(32-21(14)11-27-16)23-24(31)22-19(7-12(2)13(3)28-22)30(29-23)18-6-5-15(25)10-17(18)26/h5-11H,4H2,1-3H3. The molecule has 5 nitrogen and oxygen atoms in total. The quantitative estimate of drug-likeness (QED) is 0.327. The molecule has 0 aliphatic heterocycles. The molecule has 0 aliphatic carbocycles. The first-order valence-corrected chi connectivity index (χ1v) is 11.3. The fourth-order valence-corrected chi connectivity index (χ4v) is 4.78. The van der Waals surface area contributed by atoms with Gasteiger partial charge in [0.05, 0.1) is 15.1 Å². The van der Waals surface area contributed by atoms with E-state index in [1.54, 1.807) is 12.1 Å². The Kier molecular flexibility index (Phi) is 5.03. The first-order valence-electron chi connectivity index (χ1n) is 10.1. The Bertz CT molecular complexity index is 1590. The van der Waals surface area contributed by atoms with Crippen molar-refractivity contribution in [3.8, 4) is 16.3 Å².